The van der Waals surface area contributed by atoms with Gasteiger partial charge in [-0.2, -0.15) is 0 Å². The first kappa shape index (κ1) is 22.2. The van der Waals surface area contributed by atoms with Crippen LogP contribution in [-0.2, 0) is 4.79 Å². The number of allylic oxidation sites excluding steroid dienone is 1. The number of carboxylic acid groups (broad SMARTS) is 1. The van der Waals surface area contributed by atoms with Crippen molar-refractivity contribution in [3.63, 3.8) is 0 Å². The Labute approximate surface area is 157 Å². The summed E-state index contributed by atoms with van der Waals surface area (Å²) in [5.41, 5.74) is 0. The first-order valence-corrected chi connectivity index (χ1v) is 10.1. The molecule has 0 bridgehead atoms. The van der Waals surface area contributed by atoms with Gasteiger partial charge < -0.3 is 10.2 Å². The molecule has 1 aliphatic rings. The minimum atomic E-state index is -0.736. The summed E-state index contributed by atoms with van der Waals surface area (Å²) in [7, 11) is 0. The number of unbranched alkanes of at least 4 members (excludes halogenated alkanes) is 3. The van der Waals surface area contributed by atoms with Crippen LogP contribution in [0.4, 0.5) is 0 Å². The molecule has 0 aromatic rings. The lowest BCUT2D eigenvalue weighted by atomic mass is 10.1. The van der Waals surface area contributed by atoms with E-state index in [1.807, 2.05) is 6.08 Å². The second-order valence-electron chi connectivity index (χ2n) is 6.85. The Hall–Kier alpha value is -0.840. The molecule has 25 heavy (non-hydrogen) atoms. The van der Waals surface area contributed by atoms with E-state index >= 15 is 0 Å². The molecular weight excluding hydrogens is 338 g/mol. The molecule has 144 valence electrons. The van der Waals surface area contributed by atoms with Crippen LogP contribution >= 0.6 is 11.6 Å². The zero-order valence-electron chi connectivity index (χ0n) is 15.4. The van der Waals surface area contributed by atoms with E-state index in [0.717, 1.165) is 45.2 Å². The van der Waals surface area contributed by atoms with Gasteiger partial charge in [-0.1, -0.05) is 50.5 Å². The number of carboxylic acids is 1. The normalized spacial score (nSPS) is 23.0. The molecule has 0 radical (unpaired) electrons. The SMILES string of the molecule is CCCCC[C@@H](O)/C=C/CN1CC[C@@H](Cl)[C@@H]1C/C=C\CCCC(=O)O. The van der Waals surface area contributed by atoms with E-state index in [0.29, 0.717) is 12.5 Å². The molecular formula is C20H34ClNO3. The van der Waals surface area contributed by atoms with Gasteiger partial charge in [-0.3, -0.25) is 9.69 Å². The summed E-state index contributed by atoms with van der Waals surface area (Å²) in [5.74, 6) is -0.736. The number of aliphatic carboxylic acids is 1. The van der Waals surface area contributed by atoms with E-state index in [-0.39, 0.29) is 17.9 Å². The number of rotatable bonds is 13. The quantitative estimate of drug-likeness (QED) is 0.287. The van der Waals surface area contributed by atoms with Gasteiger partial charge in [0.25, 0.3) is 0 Å². The van der Waals surface area contributed by atoms with E-state index in [4.69, 9.17) is 16.7 Å². The number of halogens is 1. The molecule has 1 rings (SSSR count). The molecule has 5 heteroatoms. The largest absolute Gasteiger partial charge is 0.481 e. The standard InChI is InChI=1S/C20H34ClNO3/c1-2-3-6-10-17(23)11-9-15-22-16-14-18(21)19(22)12-7-4-5-8-13-20(24)25/h4,7,9,11,17-19,23H,2-3,5-6,8,10,12-16H2,1H3,(H,24,25)/b7-4-,11-9+/t17-,18-,19+/m1/s1. The second kappa shape index (κ2) is 13.4. The summed E-state index contributed by atoms with van der Waals surface area (Å²) in [6, 6.07) is 0.319. The highest BCUT2D eigenvalue weighted by atomic mass is 35.5. The second-order valence-corrected chi connectivity index (χ2v) is 7.41. The Kier molecular flexibility index (Phi) is 11.9. The molecule has 0 aliphatic carbocycles. The molecule has 0 aromatic carbocycles. The number of alkyl halides is 1. The summed E-state index contributed by atoms with van der Waals surface area (Å²) in [4.78, 5) is 12.8. The Balaban J connectivity index is 2.30. The van der Waals surface area contributed by atoms with Crippen LogP contribution in [0, 0.1) is 0 Å². The molecule has 0 amide bonds. The predicted octanol–water partition coefficient (Wildman–Crippen LogP) is 4.37. The molecule has 3 atom stereocenters. The number of carbonyl (C=O) groups is 1. The lowest BCUT2D eigenvalue weighted by Crippen LogP contribution is -2.33. The minimum absolute atomic E-state index is 0.159. The first-order chi connectivity index (χ1) is 12.0. The highest BCUT2D eigenvalue weighted by molar-refractivity contribution is 6.21. The zero-order chi connectivity index (χ0) is 18.5. The van der Waals surface area contributed by atoms with Crippen LogP contribution in [0.25, 0.3) is 0 Å². The molecule has 1 heterocycles. The van der Waals surface area contributed by atoms with Crippen molar-refractivity contribution in [2.75, 3.05) is 13.1 Å². The van der Waals surface area contributed by atoms with Gasteiger partial charge >= 0.3 is 5.97 Å². The molecule has 0 saturated carbocycles. The average molecular weight is 372 g/mol. The van der Waals surface area contributed by atoms with Crippen molar-refractivity contribution in [2.45, 2.75) is 82.2 Å². The van der Waals surface area contributed by atoms with Crippen molar-refractivity contribution in [3.8, 4) is 0 Å². The maximum absolute atomic E-state index is 10.5. The number of aliphatic hydroxyl groups is 1. The van der Waals surface area contributed by atoms with Gasteiger partial charge in [-0.05, 0) is 32.1 Å². The number of aliphatic hydroxyl groups excluding tert-OH is 1. The Morgan fingerprint density at radius 1 is 1.28 bits per heavy atom. The van der Waals surface area contributed by atoms with Crippen LogP contribution in [0.2, 0.25) is 0 Å². The monoisotopic (exact) mass is 371 g/mol. The first-order valence-electron chi connectivity index (χ1n) is 9.64. The minimum Gasteiger partial charge on any atom is -0.481 e. The van der Waals surface area contributed by atoms with Gasteiger partial charge in [-0.25, -0.2) is 0 Å². The topological polar surface area (TPSA) is 60.8 Å². The van der Waals surface area contributed by atoms with Gasteiger partial charge in [0.1, 0.15) is 0 Å². The predicted molar refractivity (Wildman–Crippen MR) is 104 cm³/mol. The summed E-state index contributed by atoms with van der Waals surface area (Å²) in [6.07, 6.45) is 15.7. The molecule has 1 saturated heterocycles. The lowest BCUT2D eigenvalue weighted by molar-refractivity contribution is -0.137. The Morgan fingerprint density at radius 2 is 2.08 bits per heavy atom. The van der Waals surface area contributed by atoms with Crippen molar-refractivity contribution in [1.82, 2.24) is 4.90 Å². The van der Waals surface area contributed by atoms with Crippen molar-refractivity contribution < 1.29 is 15.0 Å². The van der Waals surface area contributed by atoms with Gasteiger partial charge in [0.05, 0.1) is 11.5 Å². The summed E-state index contributed by atoms with van der Waals surface area (Å²) < 4.78 is 0. The average Bonchev–Trinajstić information content (AvgIpc) is 2.91. The zero-order valence-corrected chi connectivity index (χ0v) is 16.2. The van der Waals surface area contributed by atoms with Crippen LogP contribution in [-0.4, -0.2) is 51.7 Å². The maximum Gasteiger partial charge on any atom is 0.303 e. The van der Waals surface area contributed by atoms with Crippen molar-refractivity contribution >= 4 is 17.6 Å². The molecule has 2 N–H and O–H groups in total. The molecule has 4 nitrogen and oxygen atoms in total. The third-order valence-electron chi connectivity index (χ3n) is 4.69. The van der Waals surface area contributed by atoms with Crippen molar-refractivity contribution in [3.05, 3.63) is 24.3 Å². The van der Waals surface area contributed by atoms with Crippen LogP contribution in [0.15, 0.2) is 24.3 Å². The molecule has 1 aliphatic heterocycles. The van der Waals surface area contributed by atoms with Gasteiger partial charge in [0, 0.05) is 25.6 Å². The van der Waals surface area contributed by atoms with Crippen molar-refractivity contribution in [1.29, 1.82) is 0 Å². The Bertz CT molecular complexity index is 425. The fourth-order valence-electron chi connectivity index (χ4n) is 3.18. The smallest absolute Gasteiger partial charge is 0.303 e. The van der Waals surface area contributed by atoms with Crippen LogP contribution < -0.4 is 0 Å². The molecule has 0 spiro atoms. The van der Waals surface area contributed by atoms with E-state index < -0.39 is 5.97 Å². The van der Waals surface area contributed by atoms with E-state index in [1.54, 1.807) is 0 Å². The Morgan fingerprint density at radius 3 is 2.80 bits per heavy atom. The summed E-state index contributed by atoms with van der Waals surface area (Å²) >= 11 is 6.45. The molecule has 0 unspecified atom stereocenters. The third-order valence-corrected chi connectivity index (χ3v) is 5.19. The fraction of sp³-hybridized carbons (Fsp3) is 0.750. The molecule has 1 fully saturated rings. The van der Waals surface area contributed by atoms with Crippen LogP contribution in [0.3, 0.4) is 0 Å². The fourth-order valence-corrected chi connectivity index (χ4v) is 3.54. The summed E-state index contributed by atoms with van der Waals surface area (Å²) in [5, 5.41) is 18.7. The number of hydrogen-bond acceptors (Lipinski definition) is 3. The third kappa shape index (κ3) is 10.0. The van der Waals surface area contributed by atoms with Gasteiger partial charge in [0.2, 0.25) is 0 Å². The maximum atomic E-state index is 10.5. The highest BCUT2D eigenvalue weighted by Gasteiger charge is 2.30. The van der Waals surface area contributed by atoms with Gasteiger partial charge in [0.15, 0.2) is 0 Å². The van der Waals surface area contributed by atoms with E-state index in [9.17, 15) is 9.90 Å². The van der Waals surface area contributed by atoms with Crippen molar-refractivity contribution in [2.24, 2.45) is 0 Å². The number of hydrogen-bond donors (Lipinski definition) is 2. The number of nitrogens with zero attached hydrogens (tertiary/aromatic N) is 1. The molecule has 0 aromatic heterocycles. The van der Waals surface area contributed by atoms with E-state index in [2.05, 4.69) is 30.1 Å². The lowest BCUT2D eigenvalue weighted by Gasteiger charge is -2.23. The van der Waals surface area contributed by atoms with Crippen LogP contribution in [0.5, 0.6) is 0 Å². The van der Waals surface area contributed by atoms with Gasteiger partial charge in [-0.15, -0.1) is 11.6 Å². The highest BCUT2D eigenvalue weighted by Crippen LogP contribution is 2.25. The number of likely N-dealkylation sites (tertiary alicyclic amines) is 1. The van der Waals surface area contributed by atoms with E-state index in [1.165, 1.54) is 12.8 Å². The summed E-state index contributed by atoms with van der Waals surface area (Å²) in [6.45, 7) is 3.98. The van der Waals surface area contributed by atoms with Crippen LogP contribution in [0.1, 0.15) is 64.7 Å².